The zero-order chi connectivity index (χ0) is 22.9. The maximum absolute atomic E-state index is 12.7. The number of benzene rings is 1. The van der Waals surface area contributed by atoms with E-state index in [1.807, 2.05) is 0 Å². The largest absolute Gasteiger partial charge is 0.376 e. The summed E-state index contributed by atoms with van der Waals surface area (Å²) in [5, 5.41) is 19.9. The van der Waals surface area contributed by atoms with Crippen molar-refractivity contribution in [2.75, 3.05) is 19.8 Å². The molecule has 1 atom stereocenters. The number of nitrogens with two attached hydrogens (primary N) is 1. The maximum atomic E-state index is 12.7. The SMILES string of the molecule is CN(C)C(=O)c1nn(-c2ccnc(N)n2)c2cc(C#CC(C)(O)Cn3cccn3)ccc12. The van der Waals surface area contributed by atoms with Gasteiger partial charge in [-0.15, -0.1) is 0 Å². The number of hydrogen-bond acceptors (Lipinski definition) is 7. The molecule has 0 fully saturated rings. The lowest BCUT2D eigenvalue weighted by atomic mass is 10.1. The second-order valence-corrected chi connectivity index (χ2v) is 7.69. The van der Waals surface area contributed by atoms with Gasteiger partial charge in [-0.2, -0.15) is 15.2 Å². The van der Waals surface area contributed by atoms with E-state index in [-0.39, 0.29) is 24.1 Å². The number of aliphatic hydroxyl groups is 1. The number of hydrogen-bond donors (Lipinski definition) is 2. The van der Waals surface area contributed by atoms with E-state index in [0.29, 0.717) is 22.3 Å². The zero-order valence-electron chi connectivity index (χ0n) is 17.9. The van der Waals surface area contributed by atoms with E-state index in [1.54, 1.807) is 68.4 Å². The first-order valence-electron chi connectivity index (χ1n) is 9.80. The highest BCUT2D eigenvalue weighted by Gasteiger charge is 2.21. The van der Waals surface area contributed by atoms with Crippen LogP contribution in [-0.4, -0.2) is 65.1 Å². The minimum atomic E-state index is -1.28. The summed E-state index contributed by atoms with van der Waals surface area (Å²) in [5.74, 6) is 6.18. The Bertz CT molecular complexity index is 1340. The first-order valence-corrected chi connectivity index (χ1v) is 9.80. The van der Waals surface area contributed by atoms with Gasteiger partial charge < -0.3 is 15.7 Å². The minimum Gasteiger partial charge on any atom is -0.376 e. The summed E-state index contributed by atoms with van der Waals surface area (Å²) in [4.78, 5) is 22.3. The highest BCUT2D eigenvalue weighted by molar-refractivity contribution is 6.05. The monoisotopic (exact) mass is 430 g/mol. The van der Waals surface area contributed by atoms with E-state index in [1.165, 1.54) is 15.8 Å². The minimum absolute atomic E-state index is 0.0947. The second-order valence-electron chi connectivity index (χ2n) is 7.69. The molecule has 3 heterocycles. The Hall–Kier alpha value is -4.23. The van der Waals surface area contributed by atoms with Crippen molar-refractivity contribution >= 4 is 22.8 Å². The Balaban J connectivity index is 1.79. The molecule has 0 aliphatic heterocycles. The smallest absolute Gasteiger partial charge is 0.274 e. The fraction of sp³-hybridized carbons (Fsp3) is 0.227. The standard InChI is InChI=1S/C22H22N8O2/c1-22(32,14-29-12-4-10-25-29)9-7-15-5-6-16-17(13-15)30(18-8-11-24-21(23)26-18)27-19(16)20(31)28(2)3/h4-6,8,10-13,32H,14H2,1-3H3,(H2,23,24,26). The van der Waals surface area contributed by atoms with Gasteiger partial charge in [-0.05, 0) is 31.2 Å². The van der Waals surface area contributed by atoms with Gasteiger partial charge in [-0.25, -0.2) is 9.67 Å². The van der Waals surface area contributed by atoms with Gasteiger partial charge in [-0.3, -0.25) is 9.48 Å². The van der Waals surface area contributed by atoms with Crippen LogP contribution < -0.4 is 5.73 Å². The fourth-order valence-corrected chi connectivity index (χ4v) is 3.17. The summed E-state index contributed by atoms with van der Waals surface area (Å²) < 4.78 is 3.16. The Morgan fingerprint density at radius 2 is 2.09 bits per heavy atom. The molecular weight excluding hydrogens is 408 g/mol. The highest BCUT2D eigenvalue weighted by atomic mass is 16.3. The van der Waals surface area contributed by atoms with Crippen LogP contribution in [0.5, 0.6) is 0 Å². The Labute approximate surface area is 184 Å². The molecule has 162 valence electrons. The molecule has 0 aliphatic rings. The fourth-order valence-electron chi connectivity index (χ4n) is 3.17. The van der Waals surface area contributed by atoms with E-state index in [9.17, 15) is 9.90 Å². The summed E-state index contributed by atoms with van der Waals surface area (Å²) in [6, 6.07) is 8.80. The molecule has 0 radical (unpaired) electrons. The number of fused-ring (bicyclic) bond motifs is 1. The van der Waals surface area contributed by atoms with Gasteiger partial charge in [-0.1, -0.05) is 11.8 Å². The number of anilines is 1. The molecule has 3 N–H and O–H groups in total. The van der Waals surface area contributed by atoms with Crippen LogP contribution in [0.4, 0.5) is 5.95 Å². The normalized spacial score (nSPS) is 12.8. The third-order valence-corrected chi connectivity index (χ3v) is 4.67. The number of carbonyl (C=O) groups is 1. The number of aromatic nitrogens is 6. The topological polar surface area (TPSA) is 128 Å². The molecule has 1 amide bonds. The molecule has 0 spiro atoms. The molecule has 1 unspecified atom stereocenters. The van der Waals surface area contributed by atoms with Crippen LogP contribution in [0.25, 0.3) is 16.7 Å². The summed E-state index contributed by atoms with van der Waals surface area (Å²) in [7, 11) is 3.33. The van der Waals surface area contributed by atoms with Crippen LogP contribution in [0.15, 0.2) is 48.9 Å². The summed E-state index contributed by atoms with van der Waals surface area (Å²) in [6.45, 7) is 1.86. The van der Waals surface area contributed by atoms with Crippen LogP contribution in [0.3, 0.4) is 0 Å². The van der Waals surface area contributed by atoms with E-state index >= 15 is 0 Å². The van der Waals surface area contributed by atoms with Crippen LogP contribution in [0.1, 0.15) is 23.0 Å². The molecule has 4 aromatic rings. The van der Waals surface area contributed by atoms with E-state index < -0.39 is 5.60 Å². The van der Waals surface area contributed by atoms with Gasteiger partial charge in [0.15, 0.2) is 11.5 Å². The van der Waals surface area contributed by atoms with Gasteiger partial charge >= 0.3 is 0 Å². The predicted octanol–water partition coefficient (Wildman–Crippen LogP) is 1.10. The predicted molar refractivity (Wildman–Crippen MR) is 119 cm³/mol. The molecule has 4 rings (SSSR count). The number of nitrogen functional groups attached to an aromatic ring is 1. The third-order valence-electron chi connectivity index (χ3n) is 4.67. The average Bonchev–Trinajstić information content (AvgIpc) is 3.38. The molecule has 0 bridgehead atoms. The maximum Gasteiger partial charge on any atom is 0.274 e. The van der Waals surface area contributed by atoms with Crippen molar-refractivity contribution in [2.24, 2.45) is 0 Å². The average molecular weight is 430 g/mol. The van der Waals surface area contributed by atoms with Crippen LogP contribution in [0.2, 0.25) is 0 Å². The first-order chi connectivity index (χ1) is 15.2. The Morgan fingerprint density at radius 1 is 1.28 bits per heavy atom. The second kappa shape index (κ2) is 8.13. The van der Waals surface area contributed by atoms with Crippen molar-refractivity contribution in [2.45, 2.75) is 19.1 Å². The molecule has 1 aromatic carbocycles. The zero-order valence-corrected chi connectivity index (χ0v) is 17.9. The quantitative estimate of drug-likeness (QED) is 0.464. The molecule has 10 heteroatoms. The number of rotatable bonds is 4. The number of amides is 1. The van der Waals surface area contributed by atoms with E-state index in [4.69, 9.17) is 5.73 Å². The molecular formula is C22H22N8O2. The van der Waals surface area contributed by atoms with Crippen molar-refractivity contribution in [3.8, 4) is 17.7 Å². The summed E-state index contributed by atoms with van der Waals surface area (Å²) >= 11 is 0. The van der Waals surface area contributed by atoms with E-state index in [0.717, 1.165) is 0 Å². The van der Waals surface area contributed by atoms with Crippen LogP contribution in [-0.2, 0) is 6.54 Å². The highest BCUT2D eigenvalue weighted by Crippen LogP contribution is 2.24. The van der Waals surface area contributed by atoms with Crippen molar-refractivity contribution in [3.63, 3.8) is 0 Å². The Kier molecular flexibility index (Phi) is 5.34. The van der Waals surface area contributed by atoms with Crippen molar-refractivity contribution in [3.05, 3.63) is 60.2 Å². The van der Waals surface area contributed by atoms with Crippen LogP contribution in [0, 0.1) is 11.8 Å². The lowest BCUT2D eigenvalue weighted by Crippen LogP contribution is -2.28. The van der Waals surface area contributed by atoms with Crippen molar-refractivity contribution in [1.82, 2.24) is 34.4 Å². The van der Waals surface area contributed by atoms with Crippen molar-refractivity contribution < 1.29 is 9.90 Å². The van der Waals surface area contributed by atoms with Gasteiger partial charge in [0, 0.05) is 49.7 Å². The third kappa shape index (κ3) is 4.28. The number of nitrogens with zero attached hydrogens (tertiary/aromatic N) is 7. The molecule has 0 saturated heterocycles. The van der Waals surface area contributed by atoms with Gasteiger partial charge in [0.05, 0.1) is 12.1 Å². The van der Waals surface area contributed by atoms with Crippen LogP contribution >= 0.6 is 0 Å². The summed E-state index contributed by atoms with van der Waals surface area (Å²) in [6.07, 6.45) is 4.93. The first kappa shape index (κ1) is 21.0. The van der Waals surface area contributed by atoms with E-state index in [2.05, 4.69) is 32.0 Å². The van der Waals surface area contributed by atoms with Crippen molar-refractivity contribution in [1.29, 1.82) is 0 Å². The molecule has 32 heavy (non-hydrogen) atoms. The Morgan fingerprint density at radius 3 is 2.78 bits per heavy atom. The summed E-state index contributed by atoms with van der Waals surface area (Å²) in [5.41, 5.74) is 6.02. The number of carbonyl (C=O) groups excluding carboxylic acids is 1. The van der Waals surface area contributed by atoms with Gasteiger partial charge in [0.1, 0.15) is 5.60 Å². The molecule has 0 aliphatic carbocycles. The lowest BCUT2D eigenvalue weighted by molar-refractivity contribution is 0.0823. The van der Waals surface area contributed by atoms with Gasteiger partial charge in [0.25, 0.3) is 5.91 Å². The lowest BCUT2D eigenvalue weighted by Gasteiger charge is -2.15. The molecule has 10 nitrogen and oxygen atoms in total. The molecule has 0 saturated carbocycles. The molecule has 3 aromatic heterocycles. The van der Waals surface area contributed by atoms with Gasteiger partial charge in [0.2, 0.25) is 5.95 Å².